The first-order valence-corrected chi connectivity index (χ1v) is 6.13. The Morgan fingerprint density at radius 2 is 1.67 bits per heavy atom. The average Bonchev–Trinajstić information content (AvgIpc) is 2.13. The number of hydrogen-bond donors (Lipinski definition) is 1. The summed E-state index contributed by atoms with van der Waals surface area (Å²) >= 11 is 0. The SMILES string of the molecule is CCNC(C)CN(CC)C(C)CN(C)C. The van der Waals surface area contributed by atoms with Crippen molar-refractivity contribution in [2.45, 2.75) is 39.8 Å². The molecule has 0 amide bonds. The number of likely N-dealkylation sites (N-methyl/N-ethyl adjacent to an activating group) is 3. The molecule has 0 radical (unpaired) electrons. The van der Waals surface area contributed by atoms with Crippen LogP contribution in [0.5, 0.6) is 0 Å². The zero-order valence-corrected chi connectivity index (χ0v) is 11.4. The van der Waals surface area contributed by atoms with E-state index in [1.165, 1.54) is 0 Å². The molecule has 0 saturated heterocycles. The van der Waals surface area contributed by atoms with Crippen LogP contribution in [0.2, 0.25) is 0 Å². The standard InChI is InChI=1S/C12H29N3/c1-7-13-11(3)9-15(8-2)12(4)10-14(5)6/h11-13H,7-10H2,1-6H3. The molecule has 3 nitrogen and oxygen atoms in total. The van der Waals surface area contributed by atoms with Crippen molar-refractivity contribution in [3.05, 3.63) is 0 Å². The van der Waals surface area contributed by atoms with E-state index in [9.17, 15) is 0 Å². The van der Waals surface area contributed by atoms with Crippen molar-refractivity contribution in [1.82, 2.24) is 15.1 Å². The second kappa shape index (κ2) is 8.08. The third kappa shape index (κ3) is 6.88. The smallest absolute Gasteiger partial charge is 0.0195 e. The van der Waals surface area contributed by atoms with Crippen LogP contribution in [0.4, 0.5) is 0 Å². The lowest BCUT2D eigenvalue weighted by atomic mass is 10.2. The molecule has 0 rings (SSSR count). The number of nitrogens with one attached hydrogen (secondary N) is 1. The molecule has 0 spiro atoms. The molecular formula is C12H29N3. The summed E-state index contributed by atoms with van der Waals surface area (Å²) in [6, 6.07) is 1.21. The van der Waals surface area contributed by atoms with E-state index in [1.54, 1.807) is 0 Å². The Balaban J connectivity index is 3.99. The fourth-order valence-electron chi connectivity index (χ4n) is 2.03. The summed E-state index contributed by atoms with van der Waals surface area (Å²) in [6.45, 7) is 13.4. The van der Waals surface area contributed by atoms with Gasteiger partial charge in [0.05, 0.1) is 0 Å². The largest absolute Gasteiger partial charge is 0.313 e. The molecule has 92 valence electrons. The van der Waals surface area contributed by atoms with Gasteiger partial charge in [0.1, 0.15) is 0 Å². The second-order valence-electron chi connectivity index (χ2n) is 4.66. The molecular weight excluding hydrogens is 186 g/mol. The number of hydrogen-bond acceptors (Lipinski definition) is 3. The zero-order valence-electron chi connectivity index (χ0n) is 11.4. The van der Waals surface area contributed by atoms with Crippen LogP contribution < -0.4 is 5.32 Å². The van der Waals surface area contributed by atoms with Gasteiger partial charge in [0.2, 0.25) is 0 Å². The van der Waals surface area contributed by atoms with Crippen molar-refractivity contribution in [2.75, 3.05) is 40.3 Å². The second-order valence-corrected chi connectivity index (χ2v) is 4.66. The predicted octanol–water partition coefficient (Wildman–Crippen LogP) is 1.26. The molecule has 0 saturated carbocycles. The molecule has 0 aromatic rings. The van der Waals surface area contributed by atoms with E-state index < -0.39 is 0 Å². The molecule has 0 bridgehead atoms. The first-order valence-electron chi connectivity index (χ1n) is 6.13. The van der Waals surface area contributed by atoms with Gasteiger partial charge < -0.3 is 10.2 Å². The third-order valence-electron chi connectivity index (χ3n) is 2.72. The highest BCUT2D eigenvalue weighted by molar-refractivity contribution is 4.73. The Morgan fingerprint density at radius 3 is 2.07 bits per heavy atom. The summed E-state index contributed by atoms with van der Waals surface area (Å²) in [5.74, 6) is 0. The molecule has 0 fully saturated rings. The minimum absolute atomic E-state index is 0.583. The van der Waals surface area contributed by atoms with Gasteiger partial charge in [0.15, 0.2) is 0 Å². The fourth-order valence-corrected chi connectivity index (χ4v) is 2.03. The molecule has 0 aliphatic rings. The Morgan fingerprint density at radius 1 is 1.07 bits per heavy atom. The van der Waals surface area contributed by atoms with E-state index in [-0.39, 0.29) is 0 Å². The molecule has 3 heteroatoms. The van der Waals surface area contributed by atoms with Crippen LogP contribution in [0.1, 0.15) is 27.7 Å². The highest BCUT2D eigenvalue weighted by atomic mass is 15.2. The Hall–Kier alpha value is -0.120. The van der Waals surface area contributed by atoms with E-state index in [1.807, 2.05) is 0 Å². The number of nitrogens with zero attached hydrogens (tertiary/aromatic N) is 2. The van der Waals surface area contributed by atoms with Gasteiger partial charge in [-0.3, -0.25) is 4.90 Å². The van der Waals surface area contributed by atoms with E-state index in [0.717, 1.165) is 26.2 Å². The average molecular weight is 215 g/mol. The van der Waals surface area contributed by atoms with Gasteiger partial charge in [0, 0.05) is 25.2 Å². The maximum atomic E-state index is 3.46. The molecule has 0 aliphatic carbocycles. The minimum Gasteiger partial charge on any atom is -0.313 e. The summed E-state index contributed by atoms with van der Waals surface area (Å²) < 4.78 is 0. The topological polar surface area (TPSA) is 18.5 Å². The number of rotatable bonds is 8. The van der Waals surface area contributed by atoms with Crippen LogP contribution in [0.25, 0.3) is 0 Å². The van der Waals surface area contributed by atoms with Crippen molar-refractivity contribution in [2.24, 2.45) is 0 Å². The highest BCUT2D eigenvalue weighted by Gasteiger charge is 2.14. The molecule has 15 heavy (non-hydrogen) atoms. The van der Waals surface area contributed by atoms with Gasteiger partial charge in [-0.2, -0.15) is 0 Å². The van der Waals surface area contributed by atoms with Gasteiger partial charge >= 0.3 is 0 Å². The normalized spacial score (nSPS) is 16.0. The lowest BCUT2D eigenvalue weighted by Crippen LogP contribution is -2.46. The maximum Gasteiger partial charge on any atom is 0.0195 e. The molecule has 0 aliphatic heterocycles. The van der Waals surface area contributed by atoms with Crippen LogP contribution in [0.15, 0.2) is 0 Å². The predicted molar refractivity (Wildman–Crippen MR) is 68.4 cm³/mol. The highest BCUT2D eigenvalue weighted by Crippen LogP contribution is 2.01. The van der Waals surface area contributed by atoms with Gasteiger partial charge in [-0.15, -0.1) is 0 Å². The maximum absolute atomic E-state index is 3.46. The summed E-state index contributed by atoms with van der Waals surface area (Å²) in [7, 11) is 4.27. The minimum atomic E-state index is 0.583. The lowest BCUT2D eigenvalue weighted by molar-refractivity contribution is 0.168. The van der Waals surface area contributed by atoms with Crippen molar-refractivity contribution in [3.63, 3.8) is 0 Å². The van der Waals surface area contributed by atoms with Crippen molar-refractivity contribution in [1.29, 1.82) is 0 Å². The Bertz CT molecular complexity index is 148. The summed E-state index contributed by atoms with van der Waals surface area (Å²) in [6.07, 6.45) is 0. The van der Waals surface area contributed by atoms with Gasteiger partial charge in [-0.1, -0.05) is 13.8 Å². The molecule has 0 heterocycles. The molecule has 1 N–H and O–H groups in total. The van der Waals surface area contributed by atoms with Gasteiger partial charge in [-0.05, 0) is 41.0 Å². The third-order valence-corrected chi connectivity index (χ3v) is 2.72. The van der Waals surface area contributed by atoms with E-state index in [0.29, 0.717) is 12.1 Å². The fraction of sp³-hybridized carbons (Fsp3) is 1.00. The van der Waals surface area contributed by atoms with Crippen LogP contribution >= 0.6 is 0 Å². The first kappa shape index (κ1) is 14.9. The summed E-state index contributed by atoms with van der Waals surface area (Å²) in [4.78, 5) is 4.79. The molecule has 0 aromatic carbocycles. The lowest BCUT2D eigenvalue weighted by Gasteiger charge is -2.32. The molecule has 0 aromatic heterocycles. The molecule has 2 atom stereocenters. The van der Waals surface area contributed by atoms with Crippen LogP contribution in [-0.2, 0) is 0 Å². The van der Waals surface area contributed by atoms with E-state index in [4.69, 9.17) is 0 Å². The van der Waals surface area contributed by atoms with Gasteiger partial charge in [-0.25, -0.2) is 0 Å². The van der Waals surface area contributed by atoms with Crippen molar-refractivity contribution in [3.8, 4) is 0 Å². The molecule has 2 unspecified atom stereocenters. The zero-order chi connectivity index (χ0) is 11.8. The quantitative estimate of drug-likeness (QED) is 0.657. The van der Waals surface area contributed by atoms with Crippen LogP contribution in [0.3, 0.4) is 0 Å². The van der Waals surface area contributed by atoms with Gasteiger partial charge in [0.25, 0.3) is 0 Å². The van der Waals surface area contributed by atoms with Crippen molar-refractivity contribution < 1.29 is 0 Å². The van der Waals surface area contributed by atoms with E-state index in [2.05, 4.69) is 56.9 Å². The van der Waals surface area contributed by atoms with E-state index >= 15 is 0 Å². The monoisotopic (exact) mass is 215 g/mol. The Kier molecular flexibility index (Phi) is 8.02. The summed E-state index contributed by atoms with van der Waals surface area (Å²) in [5, 5.41) is 3.46. The van der Waals surface area contributed by atoms with Crippen molar-refractivity contribution >= 4 is 0 Å². The van der Waals surface area contributed by atoms with Crippen LogP contribution in [-0.4, -0.2) is 62.2 Å². The summed E-state index contributed by atoms with van der Waals surface area (Å²) in [5.41, 5.74) is 0. The first-order chi connectivity index (χ1) is 7.01. The Labute approximate surface area is 95.8 Å². The van der Waals surface area contributed by atoms with Crippen LogP contribution in [0, 0.1) is 0 Å².